The minimum absolute atomic E-state index is 0.0963. The van der Waals surface area contributed by atoms with E-state index in [-0.39, 0.29) is 18.7 Å². The number of aliphatic hydroxyl groups excluding tert-OH is 1. The van der Waals surface area contributed by atoms with Gasteiger partial charge in [-0.3, -0.25) is 19.2 Å². The summed E-state index contributed by atoms with van der Waals surface area (Å²) in [6.45, 7) is 2.72. The van der Waals surface area contributed by atoms with Gasteiger partial charge >= 0.3 is 0 Å². The predicted octanol–water partition coefficient (Wildman–Crippen LogP) is -0.505. The Morgan fingerprint density at radius 2 is 1.81 bits per heavy atom. The molecule has 2 heterocycles. The van der Waals surface area contributed by atoms with Gasteiger partial charge in [-0.1, -0.05) is 25.0 Å². The fourth-order valence-electron chi connectivity index (χ4n) is 4.34. The SMILES string of the molecule is CN1CCOc2ccccc2C(=O)N[C@H](C(=O)NCCN2CCCCCC2)CC(=O)N[C@@H](CO)C1=O. The van der Waals surface area contributed by atoms with E-state index in [1.54, 1.807) is 24.3 Å². The van der Waals surface area contributed by atoms with E-state index in [4.69, 9.17) is 4.74 Å². The van der Waals surface area contributed by atoms with Crippen LogP contribution in [0.25, 0.3) is 0 Å². The maximum Gasteiger partial charge on any atom is 0.255 e. The lowest BCUT2D eigenvalue weighted by atomic mass is 10.1. The highest BCUT2D eigenvalue weighted by Crippen LogP contribution is 2.18. The number of aliphatic hydroxyl groups is 1. The van der Waals surface area contributed by atoms with Gasteiger partial charge in [-0.25, -0.2) is 0 Å². The average molecular weight is 504 g/mol. The molecule has 2 aliphatic heterocycles. The largest absolute Gasteiger partial charge is 0.491 e. The number of carbonyl (C=O) groups excluding carboxylic acids is 4. The van der Waals surface area contributed by atoms with Gasteiger partial charge in [0.15, 0.2) is 0 Å². The Morgan fingerprint density at radius 1 is 1.08 bits per heavy atom. The first-order chi connectivity index (χ1) is 17.4. The first-order valence-electron chi connectivity index (χ1n) is 12.6. The summed E-state index contributed by atoms with van der Waals surface area (Å²) in [5.74, 6) is -1.86. The van der Waals surface area contributed by atoms with E-state index >= 15 is 0 Å². The third-order valence-corrected chi connectivity index (χ3v) is 6.45. The zero-order chi connectivity index (χ0) is 25.9. The van der Waals surface area contributed by atoms with Crippen molar-refractivity contribution in [2.45, 2.75) is 44.2 Å². The number of hydrogen-bond donors (Lipinski definition) is 4. The summed E-state index contributed by atoms with van der Waals surface area (Å²) in [5.41, 5.74) is 0.222. The predicted molar refractivity (Wildman–Crippen MR) is 132 cm³/mol. The normalized spacial score (nSPS) is 22.8. The van der Waals surface area contributed by atoms with Crippen LogP contribution in [0.2, 0.25) is 0 Å². The first kappa shape index (κ1) is 27.4. The lowest BCUT2D eigenvalue weighted by Crippen LogP contribution is -2.54. The Labute approximate surface area is 211 Å². The standard InChI is InChI=1S/C25H37N5O6/c1-29-14-15-36-21-9-5-4-8-18(21)23(33)28-19(16-22(32)27-20(17-31)25(29)35)24(34)26-10-13-30-11-6-2-3-7-12-30/h4-5,8-9,19-20,31H,2-3,6-7,10-17H2,1H3,(H,26,34)(H,27,32)(H,28,33)/t19-,20-/m0/s1. The van der Waals surface area contributed by atoms with Gasteiger partial charge in [-0.15, -0.1) is 0 Å². The lowest BCUT2D eigenvalue weighted by molar-refractivity contribution is -0.137. The van der Waals surface area contributed by atoms with Crippen LogP contribution < -0.4 is 20.7 Å². The highest BCUT2D eigenvalue weighted by atomic mass is 16.5. The number of fused-ring (bicyclic) bond motifs is 1. The minimum atomic E-state index is -1.18. The molecule has 198 valence electrons. The first-order valence-corrected chi connectivity index (χ1v) is 12.6. The molecule has 1 saturated heterocycles. The number of benzene rings is 1. The molecule has 1 aromatic carbocycles. The summed E-state index contributed by atoms with van der Waals surface area (Å²) < 4.78 is 5.74. The molecule has 0 radical (unpaired) electrons. The monoisotopic (exact) mass is 503 g/mol. The molecule has 1 aromatic rings. The van der Waals surface area contributed by atoms with E-state index in [0.29, 0.717) is 18.8 Å². The molecule has 1 fully saturated rings. The molecule has 3 rings (SSSR count). The molecule has 0 bridgehead atoms. The number of carbonyl (C=O) groups is 4. The van der Waals surface area contributed by atoms with E-state index in [2.05, 4.69) is 20.9 Å². The number of amides is 4. The van der Waals surface area contributed by atoms with Crippen LogP contribution in [0.4, 0.5) is 0 Å². The second-order valence-corrected chi connectivity index (χ2v) is 9.18. The maximum atomic E-state index is 13.1. The second kappa shape index (κ2) is 13.8. The van der Waals surface area contributed by atoms with Crippen molar-refractivity contribution in [1.29, 1.82) is 0 Å². The van der Waals surface area contributed by atoms with E-state index in [9.17, 15) is 24.3 Å². The van der Waals surface area contributed by atoms with Crippen LogP contribution in [0.1, 0.15) is 42.5 Å². The molecule has 11 nitrogen and oxygen atoms in total. The van der Waals surface area contributed by atoms with Crippen LogP contribution in [0, 0.1) is 0 Å². The third-order valence-electron chi connectivity index (χ3n) is 6.45. The Bertz CT molecular complexity index is 918. The Balaban J connectivity index is 1.75. The van der Waals surface area contributed by atoms with Gasteiger partial charge in [-0.05, 0) is 38.1 Å². The maximum absolute atomic E-state index is 13.1. The fourth-order valence-corrected chi connectivity index (χ4v) is 4.34. The van der Waals surface area contributed by atoms with Gasteiger partial charge in [0.25, 0.3) is 5.91 Å². The van der Waals surface area contributed by atoms with Gasteiger partial charge in [0.2, 0.25) is 17.7 Å². The summed E-state index contributed by atoms with van der Waals surface area (Å²) >= 11 is 0. The van der Waals surface area contributed by atoms with Crippen LogP contribution in [0.5, 0.6) is 5.75 Å². The highest BCUT2D eigenvalue weighted by Gasteiger charge is 2.29. The van der Waals surface area contributed by atoms with Crippen LogP contribution in [0.15, 0.2) is 24.3 Å². The number of ether oxygens (including phenoxy) is 1. The van der Waals surface area contributed by atoms with Crippen molar-refractivity contribution in [2.24, 2.45) is 0 Å². The quantitative estimate of drug-likeness (QED) is 0.424. The topological polar surface area (TPSA) is 140 Å². The van der Waals surface area contributed by atoms with Crippen LogP contribution in [0.3, 0.4) is 0 Å². The average Bonchev–Trinajstić information content (AvgIpc) is 3.15. The Hall–Kier alpha value is -3.18. The van der Waals surface area contributed by atoms with Crippen molar-refractivity contribution in [3.63, 3.8) is 0 Å². The zero-order valence-electron chi connectivity index (χ0n) is 20.8. The molecular formula is C25H37N5O6. The number of likely N-dealkylation sites (N-methyl/N-ethyl adjacent to an activating group) is 1. The van der Waals surface area contributed by atoms with Gasteiger partial charge in [0, 0.05) is 20.1 Å². The lowest BCUT2D eigenvalue weighted by Gasteiger charge is -2.26. The third kappa shape index (κ3) is 7.92. The highest BCUT2D eigenvalue weighted by molar-refractivity contribution is 6.01. The fraction of sp³-hybridized carbons (Fsp3) is 0.600. The second-order valence-electron chi connectivity index (χ2n) is 9.18. The minimum Gasteiger partial charge on any atom is -0.491 e. The summed E-state index contributed by atoms with van der Waals surface area (Å²) in [6, 6.07) is 4.25. The van der Waals surface area contributed by atoms with Crippen molar-refractivity contribution in [3.05, 3.63) is 29.8 Å². The Morgan fingerprint density at radius 3 is 2.53 bits per heavy atom. The number of nitrogens with zero attached hydrogens (tertiary/aromatic N) is 2. The number of likely N-dealkylation sites (tertiary alicyclic amines) is 1. The number of nitrogens with one attached hydrogen (secondary N) is 3. The molecule has 11 heteroatoms. The molecule has 0 aromatic heterocycles. The van der Waals surface area contributed by atoms with Crippen molar-refractivity contribution < 1.29 is 29.0 Å². The summed E-state index contributed by atoms with van der Waals surface area (Å²) in [7, 11) is 1.53. The van der Waals surface area contributed by atoms with Crippen molar-refractivity contribution >= 4 is 23.6 Å². The molecular weight excluding hydrogens is 466 g/mol. The van der Waals surface area contributed by atoms with Crippen LogP contribution in [-0.2, 0) is 14.4 Å². The summed E-state index contributed by atoms with van der Waals surface area (Å²) in [5, 5.41) is 17.6. The zero-order valence-corrected chi connectivity index (χ0v) is 20.8. The molecule has 0 saturated carbocycles. The Kier molecular flexibility index (Phi) is 10.5. The molecule has 4 amide bonds. The molecule has 2 atom stereocenters. The molecule has 0 aliphatic carbocycles. The summed E-state index contributed by atoms with van der Waals surface area (Å²) in [4.78, 5) is 55.2. The van der Waals surface area contributed by atoms with Gasteiger partial charge < -0.3 is 35.6 Å². The van der Waals surface area contributed by atoms with Gasteiger partial charge in [0.05, 0.1) is 25.1 Å². The summed E-state index contributed by atoms with van der Waals surface area (Å²) in [6.07, 6.45) is 4.30. The molecule has 2 aliphatic rings. The van der Waals surface area contributed by atoms with E-state index < -0.39 is 48.7 Å². The van der Waals surface area contributed by atoms with Crippen molar-refractivity contribution in [2.75, 3.05) is 53.0 Å². The van der Waals surface area contributed by atoms with Gasteiger partial charge in [0.1, 0.15) is 24.4 Å². The molecule has 4 N–H and O–H groups in total. The van der Waals surface area contributed by atoms with Crippen LogP contribution >= 0.6 is 0 Å². The molecule has 36 heavy (non-hydrogen) atoms. The number of hydrogen-bond acceptors (Lipinski definition) is 7. The van der Waals surface area contributed by atoms with Crippen molar-refractivity contribution in [1.82, 2.24) is 25.8 Å². The van der Waals surface area contributed by atoms with E-state index in [1.807, 2.05) is 0 Å². The van der Waals surface area contributed by atoms with Crippen molar-refractivity contribution in [3.8, 4) is 5.75 Å². The molecule has 0 spiro atoms. The smallest absolute Gasteiger partial charge is 0.255 e. The van der Waals surface area contributed by atoms with E-state index in [0.717, 1.165) is 25.9 Å². The van der Waals surface area contributed by atoms with E-state index in [1.165, 1.54) is 24.8 Å². The molecule has 0 unspecified atom stereocenters. The number of rotatable bonds is 5. The number of para-hydroxylation sites is 1. The van der Waals surface area contributed by atoms with Gasteiger partial charge in [-0.2, -0.15) is 0 Å². The van der Waals surface area contributed by atoms with Crippen LogP contribution in [-0.4, -0.2) is 104 Å².